The van der Waals surface area contributed by atoms with Gasteiger partial charge in [0.05, 0.1) is 33.0 Å². The normalized spacial score (nSPS) is 16.8. The van der Waals surface area contributed by atoms with Crippen molar-refractivity contribution in [2.75, 3.05) is 13.1 Å². The van der Waals surface area contributed by atoms with Crippen LogP contribution in [0.25, 0.3) is 38.2 Å². The molecule has 2 aliphatic heterocycles. The molecule has 14 heteroatoms. The molecule has 0 spiro atoms. The number of rotatable bonds is 9. The molecule has 2 fully saturated rings. The Hall–Kier alpha value is -6.12. The molecule has 5 aromatic heterocycles. The number of fused-ring (bicyclic) bond motifs is 2. The summed E-state index contributed by atoms with van der Waals surface area (Å²) in [5.74, 6) is -0.0740. The van der Waals surface area contributed by atoms with Crippen LogP contribution in [0.3, 0.4) is 0 Å². The number of hydrogen-bond donors (Lipinski definition) is 2. The first-order valence-electron chi connectivity index (χ1n) is 20.1. The first kappa shape index (κ1) is 38.4. The number of imide groups is 1. The van der Waals surface area contributed by atoms with Crippen LogP contribution in [0.4, 0.5) is 0 Å². The van der Waals surface area contributed by atoms with Crippen LogP contribution in [0, 0.1) is 6.92 Å². The van der Waals surface area contributed by atoms with Crippen molar-refractivity contribution >= 4 is 44.8 Å². The number of aryl methyl sites for hydroxylation is 1. The van der Waals surface area contributed by atoms with Crippen LogP contribution in [-0.2, 0) is 28.1 Å². The van der Waals surface area contributed by atoms with Crippen molar-refractivity contribution in [1.82, 2.24) is 45.3 Å². The van der Waals surface area contributed by atoms with Crippen LogP contribution in [0.1, 0.15) is 102 Å². The zero-order chi connectivity index (χ0) is 40.8. The molecule has 59 heavy (non-hydrogen) atoms. The van der Waals surface area contributed by atoms with Crippen LogP contribution < -0.4 is 10.6 Å². The minimum absolute atomic E-state index is 0.0205. The van der Waals surface area contributed by atoms with E-state index in [0.29, 0.717) is 31.2 Å². The highest BCUT2D eigenvalue weighted by molar-refractivity contribution is 7.19. The molecular weight excluding hydrogens is 763 g/mol. The summed E-state index contributed by atoms with van der Waals surface area (Å²) in [5.41, 5.74) is 9.38. The minimum Gasteiger partial charge on any atom is -0.345 e. The molecule has 0 bridgehead atoms. The van der Waals surface area contributed by atoms with Crippen molar-refractivity contribution in [3.05, 3.63) is 118 Å². The summed E-state index contributed by atoms with van der Waals surface area (Å²) in [6, 6.07) is 23.1. The zero-order valence-corrected chi connectivity index (χ0v) is 34.3. The highest BCUT2D eigenvalue weighted by atomic mass is 32.1. The molecule has 2 aromatic carbocycles. The van der Waals surface area contributed by atoms with Crippen molar-refractivity contribution in [1.29, 1.82) is 0 Å². The molecule has 7 aromatic rings. The molecule has 9 rings (SSSR count). The van der Waals surface area contributed by atoms with Gasteiger partial charge in [-0.25, -0.2) is 14.5 Å². The number of carbonyl (C=O) groups excluding carboxylic acids is 3. The average Bonchev–Trinajstić information content (AvgIpc) is 3.99. The van der Waals surface area contributed by atoms with E-state index in [1.54, 1.807) is 17.7 Å². The second-order valence-corrected chi connectivity index (χ2v) is 17.8. The molecule has 1 atom stereocenters. The molecule has 13 nitrogen and oxygen atoms in total. The summed E-state index contributed by atoms with van der Waals surface area (Å²) in [4.78, 5) is 54.5. The van der Waals surface area contributed by atoms with Crippen LogP contribution >= 0.6 is 11.3 Å². The largest absolute Gasteiger partial charge is 0.345 e. The standard InChI is InChI=1S/C45H45N9O4S/c1-26-19-30(9-10-31(26)22-46-43(57)41-51-44(58-52-41)45(2,3)4)40-37-20-32(23-54(37)48-25-47-40)35-12-13-38-36(49-35)21-33(59-38)24-53-17-15-28(16-18-53)27-5-7-29(8-6-27)34-11-14-39(55)50-42(34)56/h5-10,12-13,19-21,23,25,28,34H,11,14-18,22,24H2,1-4H3,(H,46,57)(H,50,55,56). The number of amides is 3. The van der Waals surface area contributed by atoms with Crippen molar-refractivity contribution in [2.45, 2.75) is 83.7 Å². The third kappa shape index (κ3) is 8.02. The lowest BCUT2D eigenvalue weighted by Crippen LogP contribution is -2.39. The molecule has 3 amide bonds. The number of hydrogen-bond acceptors (Lipinski definition) is 11. The number of nitrogens with one attached hydrogen (secondary N) is 2. The lowest BCUT2D eigenvalue weighted by molar-refractivity contribution is -0.134. The van der Waals surface area contributed by atoms with E-state index >= 15 is 0 Å². The molecule has 0 aliphatic carbocycles. The number of piperidine rings is 2. The van der Waals surface area contributed by atoms with Gasteiger partial charge >= 0.3 is 0 Å². The smallest absolute Gasteiger partial charge is 0.292 e. The monoisotopic (exact) mass is 807 g/mol. The number of nitrogens with zero attached hydrogens (tertiary/aromatic N) is 7. The summed E-state index contributed by atoms with van der Waals surface area (Å²) in [7, 11) is 0. The maximum absolute atomic E-state index is 12.7. The van der Waals surface area contributed by atoms with Crippen molar-refractivity contribution in [3.8, 4) is 22.5 Å². The van der Waals surface area contributed by atoms with Gasteiger partial charge in [-0.05, 0) is 97.8 Å². The highest BCUT2D eigenvalue weighted by Crippen LogP contribution is 2.35. The summed E-state index contributed by atoms with van der Waals surface area (Å²) < 4.78 is 8.29. The lowest BCUT2D eigenvalue weighted by Gasteiger charge is -2.32. The van der Waals surface area contributed by atoms with E-state index in [0.717, 1.165) is 87.4 Å². The molecule has 300 valence electrons. The van der Waals surface area contributed by atoms with Crippen LogP contribution in [0.5, 0.6) is 0 Å². The van der Waals surface area contributed by atoms with E-state index in [2.05, 4.69) is 90.4 Å². The summed E-state index contributed by atoms with van der Waals surface area (Å²) in [6.45, 7) is 11.1. The van der Waals surface area contributed by atoms with Crippen molar-refractivity contribution < 1.29 is 18.9 Å². The molecule has 0 radical (unpaired) electrons. The predicted molar refractivity (Wildman–Crippen MR) is 225 cm³/mol. The number of thiophene rings is 1. The molecule has 1 unspecified atom stereocenters. The van der Waals surface area contributed by atoms with Crippen molar-refractivity contribution in [2.24, 2.45) is 0 Å². The summed E-state index contributed by atoms with van der Waals surface area (Å²) in [6.07, 6.45) is 6.69. The maximum Gasteiger partial charge on any atom is 0.292 e. The molecule has 0 saturated carbocycles. The van der Waals surface area contributed by atoms with E-state index in [1.165, 1.54) is 10.4 Å². The quantitative estimate of drug-likeness (QED) is 0.140. The fraction of sp³-hybridized carbons (Fsp3) is 0.333. The lowest BCUT2D eigenvalue weighted by atomic mass is 9.86. The number of carbonyl (C=O) groups is 3. The summed E-state index contributed by atoms with van der Waals surface area (Å²) >= 11 is 1.80. The predicted octanol–water partition coefficient (Wildman–Crippen LogP) is 7.49. The van der Waals surface area contributed by atoms with Gasteiger partial charge in [0.15, 0.2) is 0 Å². The summed E-state index contributed by atoms with van der Waals surface area (Å²) in [5, 5.41) is 13.7. The van der Waals surface area contributed by atoms with Crippen molar-refractivity contribution in [3.63, 3.8) is 0 Å². The molecule has 2 N–H and O–H groups in total. The van der Waals surface area contributed by atoms with Crippen LogP contribution in [0.2, 0.25) is 0 Å². The van der Waals surface area contributed by atoms with Crippen LogP contribution in [-0.4, -0.2) is 65.4 Å². The van der Waals surface area contributed by atoms with E-state index in [1.807, 2.05) is 50.5 Å². The Kier molecular flexibility index (Phi) is 10.1. The van der Waals surface area contributed by atoms with Gasteiger partial charge in [-0.2, -0.15) is 10.1 Å². The van der Waals surface area contributed by atoms with E-state index < -0.39 is 0 Å². The fourth-order valence-electron chi connectivity index (χ4n) is 8.08. The Bertz CT molecular complexity index is 2720. The third-order valence-corrected chi connectivity index (χ3v) is 12.5. The topological polar surface area (TPSA) is 161 Å². The molecule has 2 saturated heterocycles. The first-order chi connectivity index (χ1) is 28.4. The van der Waals surface area contributed by atoms with Gasteiger partial charge in [0.2, 0.25) is 17.7 Å². The Labute approximate surface area is 345 Å². The highest BCUT2D eigenvalue weighted by Gasteiger charge is 2.29. The maximum atomic E-state index is 12.7. The van der Waals surface area contributed by atoms with E-state index in [-0.39, 0.29) is 34.9 Å². The number of likely N-dealkylation sites (tertiary alicyclic amines) is 1. The van der Waals surface area contributed by atoms with E-state index in [9.17, 15) is 14.4 Å². The number of pyridine rings is 1. The number of aromatic nitrogens is 6. The fourth-order valence-corrected chi connectivity index (χ4v) is 9.12. The van der Waals surface area contributed by atoms with Gasteiger partial charge in [-0.15, -0.1) is 11.3 Å². The Morgan fingerprint density at radius 2 is 1.75 bits per heavy atom. The molecule has 7 heterocycles. The third-order valence-electron chi connectivity index (χ3n) is 11.5. The second kappa shape index (κ2) is 15.6. The van der Waals surface area contributed by atoms with Gasteiger partial charge in [-0.3, -0.25) is 24.6 Å². The SMILES string of the molecule is Cc1cc(-c2ncnn3cc(-c4ccc5sc(CN6CCC(c7ccc(C8CCC(=O)NC8=O)cc7)CC6)cc5n4)cc23)ccc1CNC(=O)c1noc(C(C)(C)C)n1. The first-order valence-corrected chi connectivity index (χ1v) is 20.9. The van der Waals surface area contributed by atoms with Gasteiger partial charge in [0, 0.05) is 47.1 Å². The van der Waals surface area contributed by atoms with Gasteiger partial charge in [0.25, 0.3) is 11.7 Å². The molecule has 2 aliphatic rings. The van der Waals surface area contributed by atoms with Gasteiger partial charge in [0.1, 0.15) is 6.33 Å². The second-order valence-electron chi connectivity index (χ2n) is 16.7. The van der Waals surface area contributed by atoms with Crippen LogP contribution in [0.15, 0.2) is 83.8 Å². The Morgan fingerprint density at radius 1 is 0.949 bits per heavy atom. The average molecular weight is 808 g/mol. The van der Waals surface area contributed by atoms with Gasteiger partial charge in [-0.1, -0.05) is 62.3 Å². The minimum atomic E-state index is -0.387. The molecular formula is C45H45N9O4S. The number of benzene rings is 2. The zero-order valence-electron chi connectivity index (χ0n) is 33.5. The Balaban J connectivity index is 0.836. The van der Waals surface area contributed by atoms with Gasteiger partial charge < -0.3 is 9.84 Å². The van der Waals surface area contributed by atoms with E-state index in [4.69, 9.17) is 9.51 Å². The Morgan fingerprint density at radius 3 is 2.49 bits per heavy atom.